The molecule has 0 saturated carbocycles. The second-order valence-electron chi connectivity index (χ2n) is 4.29. The van der Waals surface area contributed by atoms with Crippen molar-refractivity contribution in [1.29, 1.82) is 0 Å². The fourth-order valence-electron chi connectivity index (χ4n) is 2.58. The zero-order valence-corrected chi connectivity index (χ0v) is 9.85. The van der Waals surface area contributed by atoms with Gasteiger partial charge >= 0.3 is 12.1 Å². The number of hydrogen-bond donors (Lipinski definition) is 2. The van der Waals surface area contributed by atoms with E-state index in [1.807, 2.05) is 0 Å². The van der Waals surface area contributed by atoms with Gasteiger partial charge in [0.2, 0.25) is 0 Å². The van der Waals surface area contributed by atoms with Gasteiger partial charge in [0.05, 0.1) is 13.2 Å². The number of rotatable bonds is 0. The summed E-state index contributed by atoms with van der Waals surface area (Å²) in [6.07, 6.45) is 0. The molecule has 0 aromatic heterocycles. The summed E-state index contributed by atoms with van der Waals surface area (Å²) in [5.41, 5.74) is -1.69. The zero-order chi connectivity index (χ0) is 13.1. The van der Waals surface area contributed by atoms with Crippen molar-refractivity contribution in [2.75, 3.05) is 27.3 Å². The van der Waals surface area contributed by atoms with Crippen LogP contribution in [0.5, 0.6) is 0 Å². The lowest BCUT2D eigenvalue weighted by atomic mass is 10.0. The molecule has 0 radical (unpaired) electrons. The van der Waals surface area contributed by atoms with Gasteiger partial charge in [-0.25, -0.2) is 9.59 Å². The Bertz CT molecular complexity index is 468. The van der Waals surface area contributed by atoms with Crippen LogP contribution in [0.2, 0.25) is 0 Å². The van der Waals surface area contributed by atoms with Crippen LogP contribution in [0.4, 0.5) is 9.59 Å². The van der Waals surface area contributed by atoms with Crippen LogP contribution < -0.4 is 10.6 Å². The summed E-state index contributed by atoms with van der Waals surface area (Å²) in [5, 5.41) is 4.65. The van der Waals surface area contributed by atoms with Crippen molar-refractivity contribution in [2.45, 2.75) is 11.6 Å². The summed E-state index contributed by atoms with van der Waals surface area (Å²) in [6, 6.07) is -1.20. The Labute approximate surface area is 102 Å². The van der Waals surface area contributed by atoms with E-state index in [2.05, 4.69) is 10.6 Å². The summed E-state index contributed by atoms with van der Waals surface area (Å²) in [7, 11) is 2.83. The number of carbonyl (C=O) groups excluding carboxylic acids is 3. The highest BCUT2D eigenvalue weighted by atomic mass is 16.6. The number of ether oxygens (including phenoxy) is 2. The largest absolute Gasteiger partial charge is 0.339 e. The van der Waals surface area contributed by atoms with Gasteiger partial charge in [-0.2, -0.15) is 0 Å². The third-order valence-corrected chi connectivity index (χ3v) is 3.52. The standard InChI is InChI=1S/C9H12N4O5/c1-12-7(16)11-9-8(12,17-3-4-18-9)5(14)10-6(15)13(9)2/h3-4H2,1-2H3,(H,11,16)(H,10,14,15)/t8-,9+/m0/s1. The van der Waals surface area contributed by atoms with Crippen LogP contribution in [-0.2, 0) is 14.3 Å². The maximum absolute atomic E-state index is 12.1. The monoisotopic (exact) mass is 256 g/mol. The highest BCUT2D eigenvalue weighted by Crippen LogP contribution is 2.42. The Balaban J connectivity index is 2.21. The molecule has 18 heavy (non-hydrogen) atoms. The lowest BCUT2D eigenvalue weighted by molar-refractivity contribution is -0.317. The van der Waals surface area contributed by atoms with Crippen LogP contribution in [-0.4, -0.2) is 66.7 Å². The van der Waals surface area contributed by atoms with Crippen LogP contribution in [0.15, 0.2) is 0 Å². The molecule has 3 aliphatic heterocycles. The molecule has 98 valence electrons. The lowest BCUT2D eigenvalue weighted by Crippen LogP contribution is -2.83. The van der Waals surface area contributed by atoms with E-state index in [1.165, 1.54) is 14.1 Å². The molecule has 2 N–H and O–H groups in total. The zero-order valence-electron chi connectivity index (χ0n) is 9.85. The number of nitrogens with zero attached hydrogens (tertiary/aromatic N) is 2. The topological polar surface area (TPSA) is 100 Å². The van der Waals surface area contributed by atoms with Crippen molar-refractivity contribution in [1.82, 2.24) is 20.4 Å². The number of likely N-dealkylation sites (N-methyl/N-ethyl adjacent to an activating group) is 2. The average Bonchev–Trinajstić information content (AvgIpc) is 2.59. The van der Waals surface area contributed by atoms with Gasteiger partial charge in [0.15, 0.2) is 0 Å². The van der Waals surface area contributed by atoms with Crippen molar-refractivity contribution in [2.24, 2.45) is 0 Å². The van der Waals surface area contributed by atoms with Crippen molar-refractivity contribution in [3.8, 4) is 0 Å². The van der Waals surface area contributed by atoms with Crippen molar-refractivity contribution >= 4 is 18.0 Å². The summed E-state index contributed by atoms with van der Waals surface area (Å²) in [4.78, 5) is 37.9. The van der Waals surface area contributed by atoms with Gasteiger partial charge < -0.3 is 9.47 Å². The second-order valence-corrected chi connectivity index (χ2v) is 4.29. The number of amides is 5. The molecule has 3 saturated heterocycles. The molecule has 3 fully saturated rings. The number of urea groups is 2. The van der Waals surface area contributed by atoms with E-state index in [0.717, 1.165) is 9.80 Å². The first-order valence-corrected chi connectivity index (χ1v) is 5.39. The molecule has 2 atom stereocenters. The third-order valence-electron chi connectivity index (χ3n) is 3.52. The highest BCUT2D eigenvalue weighted by Gasteiger charge is 2.76. The molecular weight excluding hydrogens is 244 g/mol. The molecule has 0 bridgehead atoms. The molecule has 9 nitrogen and oxygen atoms in total. The minimum atomic E-state index is -1.69. The summed E-state index contributed by atoms with van der Waals surface area (Å²) in [6.45, 7) is 0.317. The highest BCUT2D eigenvalue weighted by molar-refractivity contribution is 6.06. The Hall–Kier alpha value is -1.87. The van der Waals surface area contributed by atoms with Crippen LogP contribution >= 0.6 is 0 Å². The van der Waals surface area contributed by atoms with Crippen LogP contribution in [0.25, 0.3) is 0 Å². The van der Waals surface area contributed by atoms with Crippen LogP contribution in [0.1, 0.15) is 0 Å². The fourth-order valence-corrected chi connectivity index (χ4v) is 2.58. The predicted octanol–water partition coefficient (Wildman–Crippen LogP) is -1.78. The summed E-state index contributed by atoms with van der Waals surface area (Å²) < 4.78 is 11.0. The number of carbonyl (C=O) groups is 3. The first kappa shape index (κ1) is 11.2. The van der Waals surface area contributed by atoms with Gasteiger partial charge in [0, 0.05) is 14.1 Å². The Kier molecular flexibility index (Phi) is 1.95. The number of nitrogens with one attached hydrogen (secondary N) is 2. The van der Waals surface area contributed by atoms with E-state index in [9.17, 15) is 14.4 Å². The Morgan fingerprint density at radius 3 is 2.44 bits per heavy atom. The van der Waals surface area contributed by atoms with Gasteiger partial charge in [0.1, 0.15) is 0 Å². The van der Waals surface area contributed by atoms with E-state index in [4.69, 9.17) is 9.47 Å². The molecule has 9 heteroatoms. The molecule has 3 aliphatic rings. The van der Waals surface area contributed by atoms with Gasteiger partial charge in [-0.1, -0.05) is 0 Å². The lowest BCUT2D eigenvalue weighted by Gasteiger charge is -2.52. The first-order chi connectivity index (χ1) is 8.45. The van der Waals surface area contributed by atoms with E-state index < -0.39 is 29.5 Å². The molecular formula is C9H12N4O5. The number of hydrogen-bond acceptors (Lipinski definition) is 5. The predicted molar refractivity (Wildman–Crippen MR) is 55.0 cm³/mol. The molecule has 0 aliphatic carbocycles. The van der Waals surface area contributed by atoms with Gasteiger partial charge in [0.25, 0.3) is 17.5 Å². The maximum Gasteiger partial charge on any atom is 0.327 e. The minimum Gasteiger partial charge on any atom is -0.339 e. The van der Waals surface area contributed by atoms with E-state index in [0.29, 0.717) is 0 Å². The smallest absolute Gasteiger partial charge is 0.327 e. The van der Waals surface area contributed by atoms with Crippen molar-refractivity contribution in [3.05, 3.63) is 0 Å². The fraction of sp³-hybridized carbons (Fsp3) is 0.667. The SMILES string of the molecule is CN1C(=O)N[C@]23OCCO[C@]12C(=O)NC(=O)N3C. The third kappa shape index (κ3) is 0.932. The first-order valence-electron chi connectivity index (χ1n) is 5.39. The van der Waals surface area contributed by atoms with Crippen LogP contribution in [0, 0.1) is 0 Å². The van der Waals surface area contributed by atoms with E-state index in [1.54, 1.807) is 0 Å². The Morgan fingerprint density at radius 1 is 1.06 bits per heavy atom. The average molecular weight is 256 g/mol. The molecule has 0 unspecified atom stereocenters. The van der Waals surface area contributed by atoms with Crippen molar-refractivity contribution < 1.29 is 23.9 Å². The molecule has 0 aromatic rings. The van der Waals surface area contributed by atoms with Crippen molar-refractivity contribution in [3.63, 3.8) is 0 Å². The molecule has 3 rings (SSSR count). The molecule has 0 aromatic carbocycles. The second kappa shape index (κ2) is 3.12. The summed E-state index contributed by atoms with van der Waals surface area (Å²) in [5.74, 6) is -2.33. The van der Waals surface area contributed by atoms with E-state index >= 15 is 0 Å². The normalized spacial score (nSPS) is 39.1. The van der Waals surface area contributed by atoms with Gasteiger partial charge in [-0.3, -0.25) is 25.2 Å². The van der Waals surface area contributed by atoms with Gasteiger partial charge in [-0.15, -0.1) is 0 Å². The Morgan fingerprint density at radius 2 is 1.72 bits per heavy atom. The quantitative estimate of drug-likeness (QED) is 0.533. The number of imide groups is 1. The minimum absolute atomic E-state index is 0.149. The molecule has 3 heterocycles. The van der Waals surface area contributed by atoms with E-state index in [-0.39, 0.29) is 13.2 Å². The van der Waals surface area contributed by atoms with Crippen LogP contribution in [0.3, 0.4) is 0 Å². The maximum atomic E-state index is 12.1. The summed E-state index contributed by atoms with van der Waals surface area (Å²) >= 11 is 0. The molecule has 0 spiro atoms. The van der Waals surface area contributed by atoms with Gasteiger partial charge in [-0.05, 0) is 0 Å². The molecule has 5 amide bonds.